The fourth-order valence-electron chi connectivity index (χ4n) is 2.64. The van der Waals surface area contributed by atoms with Crippen molar-refractivity contribution >= 4 is 23.6 Å². The van der Waals surface area contributed by atoms with Crippen LogP contribution in [0.3, 0.4) is 0 Å². The number of amides is 3. The molecule has 3 amide bonds. The molecule has 0 unspecified atom stereocenters. The van der Waals surface area contributed by atoms with E-state index < -0.39 is 34.9 Å². The summed E-state index contributed by atoms with van der Waals surface area (Å²) in [6.45, 7) is 3.05. The molecule has 1 heterocycles. The van der Waals surface area contributed by atoms with Gasteiger partial charge in [0, 0.05) is 12.1 Å². The molecule has 0 aromatic heterocycles. The van der Waals surface area contributed by atoms with Crippen LogP contribution in [0, 0.1) is 10.1 Å². The van der Waals surface area contributed by atoms with E-state index in [4.69, 9.17) is 4.74 Å². The van der Waals surface area contributed by atoms with E-state index in [1.54, 1.807) is 6.92 Å². The average Bonchev–Trinajstić information content (AvgIpc) is 2.82. The maximum Gasteiger partial charge on any atom is 0.326 e. The van der Waals surface area contributed by atoms with E-state index in [-0.39, 0.29) is 12.3 Å². The maximum absolute atomic E-state index is 12.4. The number of unbranched alkanes of at least 4 members (excludes halogenated alkanes) is 1. The zero-order chi connectivity index (χ0) is 19.3. The molecule has 0 spiro atoms. The number of benzene rings is 1. The van der Waals surface area contributed by atoms with Crippen molar-refractivity contribution in [3.8, 4) is 0 Å². The van der Waals surface area contributed by atoms with Crippen molar-refractivity contribution in [1.82, 2.24) is 10.2 Å². The lowest BCUT2D eigenvalue weighted by molar-refractivity contribution is -0.384. The van der Waals surface area contributed by atoms with Crippen molar-refractivity contribution in [3.05, 3.63) is 39.9 Å². The van der Waals surface area contributed by atoms with Gasteiger partial charge in [-0.1, -0.05) is 19.8 Å². The molecule has 1 aromatic carbocycles. The van der Waals surface area contributed by atoms with Crippen LogP contribution in [0.15, 0.2) is 24.3 Å². The molecule has 0 aliphatic carbocycles. The largest absolute Gasteiger partial charge is 0.459 e. The van der Waals surface area contributed by atoms with E-state index in [1.807, 2.05) is 6.92 Å². The third-order valence-corrected chi connectivity index (χ3v) is 4.21. The van der Waals surface area contributed by atoms with E-state index in [2.05, 4.69) is 5.32 Å². The van der Waals surface area contributed by atoms with Crippen LogP contribution in [0.1, 0.15) is 38.7 Å². The molecule has 1 saturated heterocycles. The number of nitro groups is 1. The SMILES string of the molecule is CCCC[C@@]1(C)NC(=O)N(CC(=O)OCc2ccc([N+](=O)[O-])cc2)C1=O. The third kappa shape index (κ3) is 4.35. The summed E-state index contributed by atoms with van der Waals surface area (Å²) in [5, 5.41) is 13.2. The molecule has 26 heavy (non-hydrogen) atoms. The first-order valence-corrected chi connectivity index (χ1v) is 8.30. The molecule has 140 valence electrons. The molecule has 1 aliphatic rings. The molecule has 1 fully saturated rings. The number of hydrogen-bond donors (Lipinski definition) is 1. The van der Waals surface area contributed by atoms with Crippen molar-refractivity contribution < 1.29 is 24.0 Å². The molecular weight excluding hydrogens is 342 g/mol. The molecule has 1 aliphatic heterocycles. The van der Waals surface area contributed by atoms with Crippen LogP contribution >= 0.6 is 0 Å². The highest BCUT2D eigenvalue weighted by atomic mass is 16.6. The number of nitrogens with zero attached hydrogens (tertiary/aromatic N) is 2. The number of carbonyl (C=O) groups is 3. The maximum atomic E-state index is 12.4. The summed E-state index contributed by atoms with van der Waals surface area (Å²) >= 11 is 0. The molecule has 1 aromatic rings. The molecule has 2 rings (SSSR count). The van der Waals surface area contributed by atoms with Crippen LogP contribution in [-0.4, -0.2) is 39.8 Å². The van der Waals surface area contributed by atoms with Crippen LogP contribution in [0.25, 0.3) is 0 Å². The topological polar surface area (TPSA) is 119 Å². The Morgan fingerprint density at radius 3 is 2.54 bits per heavy atom. The van der Waals surface area contributed by atoms with Crippen molar-refractivity contribution in [1.29, 1.82) is 0 Å². The van der Waals surface area contributed by atoms with Crippen molar-refractivity contribution in [2.75, 3.05) is 6.54 Å². The van der Waals surface area contributed by atoms with Gasteiger partial charge >= 0.3 is 12.0 Å². The van der Waals surface area contributed by atoms with Crippen LogP contribution in [-0.2, 0) is 20.9 Å². The number of nitro benzene ring substituents is 1. The Bertz CT molecular complexity index is 718. The van der Waals surface area contributed by atoms with Gasteiger partial charge in [0.15, 0.2) is 0 Å². The van der Waals surface area contributed by atoms with E-state index in [9.17, 15) is 24.5 Å². The van der Waals surface area contributed by atoms with Crippen molar-refractivity contribution in [2.24, 2.45) is 0 Å². The molecule has 1 N–H and O–H groups in total. The number of non-ortho nitro benzene ring substituents is 1. The van der Waals surface area contributed by atoms with Gasteiger partial charge in [0.05, 0.1) is 4.92 Å². The van der Waals surface area contributed by atoms with E-state index in [0.29, 0.717) is 12.0 Å². The van der Waals surface area contributed by atoms with Crippen molar-refractivity contribution in [3.63, 3.8) is 0 Å². The van der Waals surface area contributed by atoms with Crippen molar-refractivity contribution in [2.45, 2.75) is 45.3 Å². The molecule has 1 atom stereocenters. The second kappa shape index (κ2) is 7.94. The predicted octanol–water partition coefficient (Wildman–Crippen LogP) is 2.14. The summed E-state index contributed by atoms with van der Waals surface area (Å²) in [6.07, 6.45) is 2.17. The Labute approximate surface area is 150 Å². The number of esters is 1. The highest BCUT2D eigenvalue weighted by molar-refractivity contribution is 6.08. The number of rotatable bonds is 8. The Hall–Kier alpha value is -2.97. The predicted molar refractivity (Wildman–Crippen MR) is 91.1 cm³/mol. The molecule has 0 saturated carbocycles. The van der Waals surface area contributed by atoms with Crippen LogP contribution in [0.2, 0.25) is 0 Å². The number of imide groups is 1. The molecule has 0 bridgehead atoms. The smallest absolute Gasteiger partial charge is 0.326 e. The number of ether oxygens (including phenoxy) is 1. The zero-order valence-corrected chi connectivity index (χ0v) is 14.7. The summed E-state index contributed by atoms with van der Waals surface area (Å²) in [6, 6.07) is 4.95. The van der Waals surface area contributed by atoms with Crippen LogP contribution in [0.4, 0.5) is 10.5 Å². The Kier molecular flexibility index (Phi) is 5.91. The Balaban J connectivity index is 1.90. The summed E-state index contributed by atoms with van der Waals surface area (Å²) in [5.74, 6) is -1.17. The number of hydrogen-bond acceptors (Lipinski definition) is 6. The number of urea groups is 1. The lowest BCUT2D eigenvalue weighted by Crippen LogP contribution is -2.44. The minimum atomic E-state index is -0.994. The lowest BCUT2D eigenvalue weighted by atomic mass is 9.95. The summed E-state index contributed by atoms with van der Waals surface area (Å²) in [5.41, 5.74) is -0.495. The van der Waals surface area contributed by atoms with Gasteiger partial charge in [0.25, 0.3) is 11.6 Å². The summed E-state index contributed by atoms with van der Waals surface area (Å²) in [7, 11) is 0. The van der Waals surface area contributed by atoms with Gasteiger partial charge in [-0.25, -0.2) is 4.79 Å². The van der Waals surface area contributed by atoms with Crippen LogP contribution < -0.4 is 5.32 Å². The average molecular weight is 363 g/mol. The summed E-state index contributed by atoms with van der Waals surface area (Å²) in [4.78, 5) is 47.3. The van der Waals surface area contributed by atoms with E-state index >= 15 is 0 Å². The monoisotopic (exact) mass is 363 g/mol. The minimum absolute atomic E-state index is 0.0641. The standard InChI is InChI=1S/C17H21N3O6/c1-3-4-9-17(2)15(22)19(16(23)18-17)10-14(21)26-11-12-5-7-13(8-6-12)20(24)25/h5-8H,3-4,9-11H2,1-2H3,(H,18,23)/t17-/m1/s1. The van der Waals surface area contributed by atoms with Gasteiger partial charge in [-0.05, 0) is 31.0 Å². The molecule has 9 nitrogen and oxygen atoms in total. The first-order valence-electron chi connectivity index (χ1n) is 8.30. The van der Waals surface area contributed by atoms with Crippen LogP contribution in [0.5, 0.6) is 0 Å². The van der Waals surface area contributed by atoms with Gasteiger partial charge in [0.2, 0.25) is 0 Å². The zero-order valence-electron chi connectivity index (χ0n) is 14.7. The highest BCUT2D eigenvalue weighted by Crippen LogP contribution is 2.23. The minimum Gasteiger partial charge on any atom is -0.459 e. The molecule has 9 heteroatoms. The number of nitrogens with one attached hydrogen (secondary N) is 1. The second-order valence-corrected chi connectivity index (χ2v) is 6.34. The van der Waals surface area contributed by atoms with Gasteiger partial charge in [-0.3, -0.25) is 24.6 Å². The normalized spacial score (nSPS) is 19.4. The Morgan fingerprint density at radius 2 is 1.96 bits per heavy atom. The quantitative estimate of drug-likeness (QED) is 0.327. The number of carbonyl (C=O) groups excluding carboxylic acids is 3. The second-order valence-electron chi connectivity index (χ2n) is 6.34. The first-order chi connectivity index (χ1) is 12.3. The van der Waals surface area contributed by atoms with Gasteiger partial charge in [-0.2, -0.15) is 0 Å². The van der Waals surface area contributed by atoms with Gasteiger partial charge < -0.3 is 10.1 Å². The van der Waals surface area contributed by atoms with Gasteiger partial charge in [0.1, 0.15) is 18.7 Å². The first kappa shape index (κ1) is 19.4. The third-order valence-electron chi connectivity index (χ3n) is 4.21. The van der Waals surface area contributed by atoms with Gasteiger partial charge in [-0.15, -0.1) is 0 Å². The molecule has 0 radical (unpaired) electrons. The molecular formula is C17H21N3O6. The highest BCUT2D eigenvalue weighted by Gasteiger charge is 2.47. The lowest BCUT2D eigenvalue weighted by Gasteiger charge is -2.21. The summed E-state index contributed by atoms with van der Waals surface area (Å²) < 4.78 is 5.05. The fraction of sp³-hybridized carbons (Fsp3) is 0.471. The Morgan fingerprint density at radius 1 is 1.31 bits per heavy atom. The van der Waals surface area contributed by atoms with E-state index in [1.165, 1.54) is 24.3 Å². The van der Waals surface area contributed by atoms with E-state index in [0.717, 1.165) is 17.7 Å². The fourth-order valence-corrected chi connectivity index (χ4v) is 2.64.